The Balaban J connectivity index is 2.29. The summed E-state index contributed by atoms with van der Waals surface area (Å²) < 4.78 is 7.57. The molecule has 1 unspecified atom stereocenters. The van der Waals surface area contributed by atoms with E-state index in [0.29, 0.717) is 6.54 Å². The SMILES string of the molecule is CCOC(CN)CCN(C)Cc1nccn1C. The molecule has 17 heavy (non-hydrogen) atoms. The van der Waals surface area contributed by atoms with Crippen LogP contribution >= 0.6 is 0 Å². The zero-order valence-electron chi connectivity index (χ0n) is 11.1. The first-order valence-corrected chi connectivity index (χ1v) is 6.13. The third kappa shape index (κ3) is 4.85. The molecule has 1 heterocycles. The maximum Gasteiger partial charge on any atom is 0.122 e. The van der Waals surface area contributed by atoms with E-state index in [9.17, 15) is 0 Å². The van der Waals surface area contributed by atoms with Crippen molar-refractivity contribution in [1.29, 1.82) is 0 Å². The largest absolute Gasteiger partial charge is 0.377 e. The lowest BCUT2D eigenvalue weighted by Crippen LogP contribution is -2.30. The Labute approximate surface area is 104 Å². The van der Waals surface area contributed by atoms with Crippen LogP contribution in [-0.4, -0.2) is 47.3 Å². The van der Waals surface area contributed by atoms with Crippen LogP contribution in [0.25, 0.3) is 0 Å². The second kappa shape index (κ2) is 7.42. The van der Waals surface area contributed by atoms with Gasteiger partial charge in [0.2, 0.25) is 0 Å². The summed E-state index contributed by atoms with van der Waals surface area (Å²) in [5.41, 5.74) is 5.65. The van der Waals surface area contributed by atoms with Gasteiger partial charge in [-0.1, -0.05) is 0 Å². The van der Waals surface area contributed by atoms with Gasteiger partial charge in [-0.3, -0.25) is 4.90 Å². The standard InChI is InChI=1S/C12H24N4O/c1-4-17-11(9-13)5-7-15(2)10-12-14-6-8-16(12)3/h6,8,11H,4-5,7,9-10,13H2,1-3H3. The van der Waals surface area contributed by atoms with Crippen molar-refractivity contribution in [2.75, 3.05) is 26.7 Å². The molecule has 0 fully saturated rings. The zero-order chi connectivity index (χ0) is 12.7. The normalized spacial score (nSPS) is 13.2. The molecule has 0 aliphatic rings. The smallest absolute Gasteiger partial charge is 0.122 e. The summed E-state index contributed by atoms with van der Waals surface area (Å²) in [6.45, 7) is 5.14. The second-order valence-corrected chi connectivity index (χ2v) is 4.29. The Kier molecular flexibility index (Phi) is 6.18. The van der Waals surface area contributed by atoms with E-state index >= 15 is 0 Å². The first-order valence-electron chi connectivity index (χ1n) is 6.13. The van der Waals surface area contributed by atoms with Gasteiger partial charge in [0.05, 0.1) is 12.6 Å². The molecule has 0 aliphatic carbocycles. The molecule has 0 bridgehead atoms. The number of nitrogens with zero attached hydrogens (tertiary/aromatic N) is 3. The van der Waals surface area contributed by atoms with E-state index in [1.165, 1.54) is 0 Å². The fourth-order valence-electron chi connectivity index (χ4n) is 1.74. The number of nitrogens with two attached hydrogens (primary N) is 1. The summed E-state index contributed by atoms with van der Waals surface area (Å²) in [7, 11) is 4.10. The maximum absolute atomic E-state index is 5.65. The molecule has 1 atom stereocenters. The fourth-order valence-corrected chi connectivity index (χ4v) is 1.74. The number of aromatic nitrogens is 2. The van der Waals surface area contributed by atoms with Gasteiger partial charge in [-0.15, -0.1) is 0 Å². The molecule has 0 saturated heterocycles. The van der Waals surface area contributed by atoms with Crippen molar-refractivity contribution in [3.05, 3.63) is 18.2 Å². The van der Waals surface area contributed by atoms with Gasteiger partial charge in [-0.05, 0) is 20.4 Å². The van der Waals surface area contributed by atoms with E-state index < -0.39 is 0 Å². The molecule has 0 spiro atoms. The van der Waals surface area contributed by atoms with Crippen LogP contribution in [0.2, 0.25) is 0 Å². The lowest BCUT2D eigenvalue weighted by atomic mass is 10.2. The highest BCUT2D eigenvalue weighted by Crippen LogP contribution is 2.03. The van der Waals surface area contributed by atoms with Gasteiger partial charge in [-0.2, -0.15) is 0 Å². The van der Waals surface area contributed by atoms with Crippen molar-refractivity contribution in [1.82, 2.24) is 14.5 Å². The van der Waals surface area contributed by atoms with Crippen LogP contribution in [0.1, 0.15) is 19.2 Å². The maximum atomic E-state index is 5.65. The highest BCUT2D eigenvalue weighted by molar-refractivity contribution is 4.90. The third-order valence-electron chi connectivity index (χ3n) is 2.83. The summed E-state index contributed by atoms with van der Waals surface area (Å²) in [4.78, 5) is 6.54. The number of ether oxygens (including phenoxy) is 1. The Morgan fingerprint density at radius 2 is 2.35 bits per heavy atom. The third-order valence-corrected chi connectivity index (χ3v) is 2.83. The molecular weight excluding hydrogens is 216 g/mol. The number of rotatable bonds is 8. The Bertz CT molecular complexity index is 313. The molecule has 1 rings (SSSR count). The monoisotopic (exact) mass is 240 g/mol. The molecule has 2 N–H and O–H groups in total. The minimum atomic E-state index is 0.170. The molecular formula is C12H24N4O. The molecule has 0 amide bonds. The molecule has 5 heteroatoms. The van der Waals surface area contributed by atoms with Crippen LogP contribution in [0.5, 0.6) is 0 Å². The predicted molar refractivity (Wildman–Crippen MR) is 68.6 cm³/mol. The minimum absolute atomic E-state index is 0.170. The van der Waals surface area contributed by atoms with Gasteiger partial charge < -0.3 is 15.0 Å². The summed E-state index contributed by atoms with van der Waals surface area (Å²) in [6.07, 6.45) is 4.92. The van der Waals surface area contributed by atoms with E-state index in [4.69, 9.17) is 10.5 Å². The number of hydrogen-bond acceptors (Lipinski definition) is 4. The molecule has 0 radical (unpaired) electrons. The van der Waals surface area contributed by atoms with Crippen LogP contribution in [0, 0.1) is 0 Å². The molecule has 1 aromatic heterocycles. The predicted octanol–water partition coefficient (Wildman–Crippen LogP) is 0.606. The van der Waals surface area contributed by atoms with Crippen LogP contribution in [0.3, 0.4) is 0 Å². The summed E-state index contributed by atoms with van der Waals surface area (Å²) in [5.74, 6) is 1.08. The lowest BCUT2D eigenvalue weighted by Gasteiger charge is -2.20. The number of hydrogen-bond donors (Lipinski definition) is 1. The van der Waals surface area contributed by atoms with Crippen LogP contribution in [-0.2, 0) is 18.3 Å². The van der Waals surface area contributed by atoms with Gasteiger partial charge in [0.25, 0.3) is 0 Å². The lowest BCUT2D eigenvalue weighted by molar-refractivity contribution is 0.0556. The highest BCUT2D eigenvalue weighted by atomic mass is 16.5. The van der Waals surface area contributed by atoms with Crippen molar-refractivity contribution in [2.45, 2.75) is 26.0 Å². The van der Waals surface area contributed by atoms with Crippen molar-refractivity contribution in [2.24, 2.45) is 12.8 Å². The van der Waals surface area contributed by atoms with Crippen LogP contribution in [0.15, 0.2) is 12.4 Å². The Morgan fingerprint density at radius 3 is 2.88 bits per heavy atom. The van der Waals surface area contributed by atoms with E-state index in [0.717, 1.165) is 31.9 Å². The Hall–Kier alpha value is -0.910. The van der Waals surface area contributed by atoms with E-state index in [1.54, 1.807) is 0 Å². The number of imidazole rings is 1. The van der Waals surface area contributed by atoms with Crippen LogP contribution < -0.4 is 5.73 Å². The summed E-state index contributed by atoms with van der Waals surface area (Å²) >= 11 is 0. The van der Waals surface area contributed by atoms with E-state index in [-0.39, 0.29) is 6.10 Å². The minimum Gasteiger partial charge on any atom is -0.377 e. The second-order valence-electron chi connectivity index (χ2n) is 4.29. The van der Waals surface area contributed by atoms with Crippen molar-refractivity contribution < 1.29 is 4.74 Å². The Morgan fingerprint density at radius 1 is 1.59 bits per heavy atom. The fraction of sp³-hybridized carbons (Fsp3) is 0.750. The molecule has 0 aromatic carbocycles. The molecule has 98 valence electrons. The number of aryl methyl sites for hydroxylation is 1. The van der Waals surface area contributed by atoms with Crippen molar-refractivity contribution in [3.63, 3.8) is 0 Å². The first kappa shape index (κ1) is 14.2. The molecule has 5 nitrogen and oxygen atoms in total. The van der Waals surface area contributed by atoms with E-state index in [1.807, 2.05) is 30.9 Å². The van der Waals surface area contributed by atoms with Gasteiger partial charge >= 0.3 is 0 Å². The average molecular weight is 240 g/mol. The average Bonchev–Trinajstić information content (AvgIpc) is 2.70. The molecule has 1 aromatic rings. The van der Waals surface area contributed by atoms with Crippen molar-refractivity contribution >= 4 is 0 Å². The molecule has 0 aliphatic heterocycles. The summed E-state index contributed by atoms with van der Waals surface area (Å²) in [6, 6.07) is 0. The zero-order valence-corrected chi connectivity index (χ0v) is 11.1. The first-order chi connectivity index (χ1) is 8.17. The van der Waals surface area contributed by atoms with Crippen molar-refractivity contribution in [3.8, 4) is 0 Å². The topological polar surface area (TPSA) is 56.3 Å². The summed E-state index contributed by atoms with van der Waals surface area (Å²) in [5, 5.41) is 0. The van der Waals surface area contributed by atoms with Gasteiger partial charge in [-0.25, -0.2) is 4.98 Å². The highest BCUT2D eigenvalue weighted by Gasteiger charge is 2.09. The molecule has 0 saturated carbocycles. The quantitative estimate of drug-likeness (QED) is 0.723. The van der Waals surface area contributed by atoms with Crippen LogP contribution in [0.4, 0.5) is 0 Å². The van der Waals surface area contributed by atoms with E-state index in [2.05, 4.69) is 16.9 Å². The van der Waals surface area contributed by atoms with Gasteiger partial charge in [0.15, 0.2) is 0 Å². The van der Waals surface area contributed by atoms with Gasteiger partial charge in [0.1, 0.15) is 5.82 Å². The van der Waals surface area contributed by atoms with Gasteiger partial charge in [0, 0.05) is 39.1 Å².